The molecule has 14 heavy (non-hydrogen) atoms. The van der Waals surface area contributed by atoms with Crippen LogP contribution in [0.3, 0.4) is 0 Å². The summed E-state index contributed by atoms with van der Waals surface area (Å²) < 4.78 is 4.76. The van der Waals surface area contributed by atoms with Crippen molar-refractivity contribution in [2.24, 2.45) is 11.3 Å². The molecule has 0 radical (unpaired) electrons. The molecule has 82 valence electrons. The van der Waals surface area contributed by atoms with Crippen molar-refractivity contribution in [1.29, 1.82) is 0 Å². The molecular weight excluding hydrogens is 180 g/mol. The van der Waals surface area contributed by atoms with Crippen LogP contribution in [-0.2, 0) is 14.3 Å². The second kappa shape index (κ2) is 5.13. The van der Waals surface area contributed by atoms with E-state index in [1.807, 2.05) is 20.8 Å². The lowest BCUT2D eigenvalue weighted by Gasteiger charge is -2.30. The van der Waals surface area contributed by atoms with E-state index in [-0.39, 0.29) is 17.7 Å². The lowest BCUT2D eigenvalue weighted by molar-refractivity contribution is -0.155. The molecule has 0 saturated heterocycles. The fourth-order valence-corrected chi connectivity index (χ4v) is 1.30. The summed E-state index contributed by atoms with van der Waals surface area (Å²) in [4.78, 5) is 22.4. The van der Waals surface area contributed by atoms with Gasteiger partial charge in [0.05, 0.1) is 12.5 Å². The minimum atomic E-state index is -0.541. The van der Waals surface area contributed by atoms with Crippen molar-refractivity contribution in [3.63, 3.8) is 0 Å². The molecule has 0 bridgehead atoms. The van der Waals surface area contributed by atoms with Gasteiger partial charge in [-0.2, -0.15) is 0 Å². The van der Waals surface area contributed by atoms with Gasteiger partial charge in [0.2, 0.25) is 0 Å². The Hall–Kier alpha value is -0.860. The van der Waals surface area contributed by atoms with E-state index in [4.69, 9.17) is 4.74 Å². The van der Waals surface area contributed by atoms with Crippen LogP contribution in [0, 0.1) is 11.3 Å². The summed E-state index contributed by atoms with van der Waals surface area (Å²) >= 11 is 0. The maximum Gasteiger partial charge on any atom is 0.311 e. The molecule has 0 spiro atoms. The monoisotopic (exact) mass is 200 g/mol. The van der Waals surface area contributed by atoms with E-state index in [1.54, 1.807) is 0 Å². The summed E-state index contributed by atoms with van der Waals surface area (Å²) in [5.41, 5.74) is -0.541. The number of methoxy groups -OCH3 is 1. The summed E-state index contributed by atoms with van der Waals surface area (Å²) in [6.07, 6.45) is 0.996. The number of hydrogen-bond acceptors (Lipinski definition) is 3. The van der Waals surface area contributed by atoms with Crippen molar-refractivity contribution in [3.8, 4) is 0 Å². The predicted molar refractivity (Wildman–Crippen MR) is 54.9 cm³/mol. The van der Waals surface area contributed by atoms with Gasteiger partial charge in [-0.1, -0.05) is 13.8 Å². The predicted octanol–water partition coefficient (Wildman–Crippen LogP) is 2.19. The van der Waals surface area contributed by atoms with Gasteiger partial charge < -0.3 is 9.53 Å². The molecule has 0 aliphatic heterocycles. The molecule has 0 aromatic rings. The Morgan fingerprint density at radius 2 is 1.86 bits per heavy atom. The summed E-state index contributed by atoms with van der Waals surface area (Å²) in [6.45, 7) is 7.33. The Bertz CT molecular complexity index is 221. The van der Waals surface area contributed by atoms with E-state index >= 15 is 0 Å². The standard InChI is InChI=1S/C11H20O3/c1-8(2)11(4,10(13)14-5)7-6-9(3)12/h8H,6-7H2,1-5H3/t11-/m0/s1. The van der Waals surface area contributed by atoms with E-state index in [2.05, 4.69) is 0 Å². The van der Waals surface area contributed by atoms with Crippen LogP contribution < -0.4 is 0 Å². The fourth-order valence-electron chi connectivity index (χ4n) is 1.30. The van der Waals surface area contributed by atoms with Crippen molar-refractivity contribution in [2.75, 3.05) is 7.11 Å². The van der Waals surface area contributed by atoms with E-state index < -0.39 is 5.41 Å². The van der Waals surface area contributed by atoms with Crippen molar-refractivity contribution >= 4 is 11.8 Å². The molecule has 0 heterocycles. The van der Waals surface area contributed by atoms with Crippen LogP contribution in [0.25, 0.3) is 0 Å². The van der Waals surface area contributed by atoms with Crippen LogP contribution in [0.5, 0.6) is 0 Å². The SMILES string of the molecule is COC(=O)[C@@](C)(CCC(C)=O)C(C)C. The van der Waals surface area contributed by atoms with Gasteiger partial charge >= 0.3 is 5.97 Å². The van der Waals surface area contributed by atoms with Crippen LogP contribution in [0.1, 0.15) is 40.5 Å². The maximum absolute atomic E-state index is 11.6. The number of carbonyl (C=O) groups is 2. The fraction of sp³-hybridized carbons (Fsp3) is 0.818. The minimum absolute atomic E-state index is 0.112. The number of ether oxygens (including phenoxy) is 1. The molecule has 0 amide bonds. The molecule has 0 aliphatic rings. The van der Waals surface area contributed by atoms with Crippen LogP contribution >= 0.6 is 0 Å². The molecule has 0 rings (SSSR count). The minimum Gasteiger partial charge on any atom is -0.469 e. The van der Waals surface area contributed by atoms with Crippen LogP contribution in [0.15, 0.2) is 0 Å². The second-order valence-corrected chi connectivity index (χ2v) is 4.27. The van der Waals surface area contributed by atoms with Gasteiger partial charge in [-0.15, -0.1) is 0 Å². The molecule has 0 aromatic heterocycles. The molecule has 3 nitrogen and oxygen atoms in total. The molecule has 0 saturated carbocycles. The second-order valence-electron chi connectivity index (χ2n) is 4.27. The highest BCUT2D eigenvalue weighted by atomic mass is 16.5. The number of ketones is 1. The Morgan fingerprint density at radius 3 is 2.14 bits per heavy atom. The Morgan fingerprint density at radius 1 is 1.36 bits per heavy atom. The average molecular weight is 200 g/mol. The normalized spacial score (nSPS) is 15.0. The van der Waals surface area contributed by atoms with Crippen molar-refractivity contribution in [2.45, 2.75) is 40.5 Å². The summed E-state index contributed by atoms with van der Waals surface area (Å²) in [7, 11) is 1.39. The van der Waals surface area contributed by atoms with Crippen molar-refractivity contribution < 1.29 is 14.3 Å². The third kappa shape index (κ3) is 3.13. The third-order valence-corrected chi connectivity index (χ3v) is 2.92. The van der Waals surface area contributed by atoms with Crippen LogP contribution in [0.2, 0.25) is 0 Å². The number of Topliss-reactive ketones (excluding diaryl/α,β-unsaturated/α-hetero) is 1. The average Bonchev–Trinajstić information content (AvgIpc) is 2.12. The van der Waals surface area contributed by atoms with E-state index in [1.165, 1.54) is 14.0 Å². The van der Waals surface area contributed by atoms with Gasteiger partial charge in [0.1, 0.15) is 5.78 Å². The highest BCUT2D eigenvalue weighted by Crippen LogP contribution is 2.33. The van der Waals surface area contributed by atoms with E-state index in [0.717, 1.165) is 0 Å². The first-order valence-corrected chi connectivity index (χ1v) is 4.92. The molecule has 0 unspecified atom stereocenters. The molecule has 0 aliphatic carbocycles. The number of hydrogen-bond donors (Lipinski definition) is 0. The van der Waals surface area contributed by atoms with Gasteiger partial charge in [-0.05, 0) is 26.2 Å². The number of rotatable bonds is 5. The van der Waals surface area contributed by atoms with Crippen LogP contribution in [0.4, 0.5) is 0 Å². The molecule has 1 atom stereocenters. The largest absolute Gasteiger partial charge is 0.469 e. The quantitative estimate of drug-likeness (QED) is 0.639. The number of carbonyl (C=O) groups excluding carboxylic acids is 2. The maximum atomic E-state index is 11.6. The van der Waals surface area contributed by atoms with Crippen molar-refractivity contribution in [1.82, 2.24) is 0 Å². The number of esters is 1. The lowest BCUT2D eigenvalue weighted by Crippen LogP contribution is -2.34. The van der Waals surface area contributed by atoms with Crippen molar-refractivity contribution in [3.05, 3.63) is 0 Å². The van der Waals surface area contributed by atoms with Gasteiger partial charge in [-0.3, -0.25) is 4.79 Å². The zero-order chi connectivity index (χ0) is 11.4. The summed E-state index contributed by atoms with van der Waals surface area (Å²) in [5.74, 6) is 0.0591. The van der Waals surface area contributed by atoms with E-state index in [0.29, 0.717) is 12.8 Å². The molecule has 3 heteroatoms. The Labute approximate surface area is 85.8 Å². The smallest absolute Gasteiger partial charge is 0.311 e. The Balaban J connectivity index is 4.55. The highest BCUT2D eigenvalue weighted by Gasteiger charge is 2.37. The van der Waals surface area contributed by atoms with Gasteiger partial charge in [0, 0.05) is 6.42 Å². The first kappa shape index (κ1) is 13.1. The van der Waals surface area contributed by atoms with Gasteiger partial charge in [0.15, 0.2) is 0 Å². The first-order chi connectivity index (χ1) is 6.34. The molecule has 0 N–H and O–H groups in total. The highest BCUT2D eigenvalue weighted by molar-refractivity contribution is 5.79. The zero-order valence-corrected chi connectivity index (χ0v) is 9.72. The lowest BCUT2D eigenvalue weighted by atomic mass is 9.75. The summed E-state index contributed by atoms with van der Waals surface area (Å²) in [5, 5.41) is 0. The van der Waals surface area contributed by atoms with Gasteiger partial charge in [-0.25, -0.2) is 0 Å². The molecule has 0 aromatic carbocycles. The zero-order valence-electron chi connectivity index (χ0n) is 9.72. The van der Waals surface area contributed by atoms with Crippen LogP contribution in [-0.4, -0.2) is 18.9 Å². The summed E-state index contributed by atoms with van der Waals surface area (Å²) in [6, 6.07) is 0. The first-order valence-electron chi connectivity index (χ1n) is 4.92. The van der Waals surface area contributed by atoms with Gasteiger partial charge in [0.25, 0.3) is 0 Å². The Kier molecular flexibility index (Phi) is 4.81. The third-order valence-electron chi connectivity index (χ3n) is 2.92. The molecule has 0 fully saturated rings. The topological polar surface area (TPSA) is 43.4 Å². The molecular formula is C11H20O3. The van der Waals surface area contributed by atoms with E-state index in [9.17, 15) is 9.59 Å².